The van der Waals surface area contributed by atoms with E-state index in [1.165, 1.54) is 66.4 Å². The van der Waals surface area contributed by atoms with Gasteiger partial charge in [0, 0.05) is 12.6 Å². The summed E-state index contributed by atoms with van der Waals surface area (Å²) in [6.45, 7) is 4.46. The molecule has 3 aromatic rings. The maximum Gasteiger partial charge on any atom is 0.264 e. The summed E-state index contributed by atoms with van der Waals surface area (Å²) in [6.07, 6.45) is 0.665. The van der Waals surface area contributed by atoms with E-state index in [1.54, 1.807) is 6.07 Å². The van der Waals surface area contributed by atoms with Gasteiger partial charge in [-0.05, 0) is 68.3 Å². The maximum absolute atomic E-state index is 13.9. The van der Waals surface area contributed by atoms with Gasteiger partial charge in [-0.25, -0.2) is 17.2 Å². The lowest BCUT2D eigenvalue weighted by Gasteiger charge is -2.32. The van der Waals surface area contributed by atoms with Crippen LogP contribution < -0.4 is 9.62 Å². The number of nitrogens with one attached hydrogen (secondary N) is 1. The predicted molar refractivity (Wildman–Crippen MR) is 147 cm³/mol. The highest BCUT2D eigenvalue weighted by molar-refractivity contribution is 7.92. The van der Waals surface area contributed by atoms with Crippen LogP contribution in [0.25, 0.3) is 0 Å². The Morgan fingerprint density at radius 1 is 0.974 bits per heavy atom. The molecule has 208 valence electrons. The Hall–Kier alpha value is -3.50. The number of hydrogen-bond acceptors (Lipinski definition) is 4. The molecular formula is C28H30ClF2N3O4S. The topological polar surface area (TPSA) is 86.8 Å². The van der Waals surface area contributed by atoms with E-state index in [2.05, 4.69) is 5.32 Å². The number of hydrogen-bond donors (Lipinski definition) is 1. The van der Waals surface area contributed by atoms with Crippen molar-refractivity contribution in [1.29, 1.82) is 0 Å². The number of amides is 2. The van der Waals surface area contributed by atoms with Crippen molar-refractivity contribution in [1.82, 2.24) is 10.2 Å². The highest BCUT2D eigenvalue weighted by Gasteiger charge is 2.33. The lowest BCUT2D eigenvalue weighted by atomic mass is 10.1. The predicted octanol–water partition coefficient (Wildman–Crippen LogP) is 5.15. The Bertz CT molecular complexity index is 1410. The second kappa shape index (κ2) is 13.0. The number of carbonyl (C=O) groups is 2. The van der Waals surface area contributed by atoms with Crippen LogP contribution in [0.5, 0.6) is 0 Å². The molecule has 3 aromatic carbocycles. The molecule has 3 rings (SSSR count). The van der Waals surface area contributed by atoms with Gasteiger partial charge in [-0.1, -0.05) is 48.9 Å². The Morgan fingerprint density at radius 3 is 2.21 bits per heavy atom. The van der Waals surface area contributed by atoms with Crippen molar-refractivity contribution in [3.8, 4) is 0 Å². The third-order valence-electron chi connectivity index (χ3n) is 6.24. The van der Waals surface area contributed by atoms with E-state index in [1.807, 2.05) is 13.8 Å². The van der Waals surface area contributed by atoms with Gasteiger partial charge in [0.1, 0.15) is 24.2 Å². The first kappa shape index (κ1) is 30.0. The number of halogens is 3. The van der Waals surface area contributed by atoms with E-state index >= 15 is 0 Å². The molecule has 7 nitrogen and oxygen atoms in total. The van der Waals surface area contributed by atoms with Crippen LogP contribution in [0.4, 0.5) is 14.5 Å². The number of anilines is 1. The molecule has 0 saturated carbocycles. The Labute approximate surface area is 232 Å². The van der Waals surface area contributed by atoms with E-state index < -0.39 is 46.1 Å². The lowest BCUT2D eigenvalue weighted by molar-refractivity contribution is -0.139. The van der Waals surface area contributed by atoms with Crippen LogP contribution in [0.2, 0.25) is 5.02 Å². The van der Waals surface area contributed by atoms with Gasteiger partial charge >= 0.3 is 0 Å². The average molecular weight is 578 g/mol. The summed E-state index contributed by atoms with van der Waals surface area (Å²) in [5.41, 5.74) is 0.507. The van der Waals surface area contributed by atoms with E-state index in [4.69, 9.17) is 11.6 Å². The van der Waals surface area contributed by atoms with E-state index in [9.17, 15) is 26.8 Å². The van der Waals surface area contributed by atoms with Gasteiger partial charge in [-0.2, -0.15) is 0 Å². The fraction of sp³-hybridized carbons (Fsp3) is 0.286. The molecule has 0 spiro atoms. The summed E-state index contributed by atoms with van der Waals surface area (Å²) in [5, 5.41) is 2.51. The van der Waals surface area contributed by atoms with Crippen LogP contribution >= 0.6 is 11.6 Å². The summed E-state index contributed by atoms with van der Waals surface area (Å²) < 4.78 is 55.6. The molecule has 39 heavy (non-hydrogen) atoms. The monoisotopic (exact) mass is 577 g/mol. The molecule has 0 aromatic heterocycles. The van der Waals surface area contributed by atoms with Crippen LogP contribution in [-0.4, -0.2) is 43.8 Å². The molecule has 0 saturated heterocycles. The molecule has 0 aliphatic heterocycles. The maximum atomic E-state index is 13.9. The van der Waals surface area contributed by atoms with Crippen LogP contribution in [0.15, 0.2) is 77.7 Å². The Kier molecular flexibility index (Phi) is 10.0. The first-order chi connectivity index (χ1) is 18.4. The number of benzene rings is 3. The van der Waals surface area contributed by atoms with E-state index in [0.717, 1.165) is 16.4 Å². The first-order valence-corrected chi connectivity index (χ1v) is 14.1. The van der Waals surface area contributed by atoms with Crippen molar-refractivity contribution >= 4 is 39.1 Å². The van der Waals surface area contributed by atoms with Gasteiger partial charge in [-0.15, -0.1) is 0 Å². The highest BCUT2D eigenvalue weighted by Crippen LogP contribution is 2.28. The smallest absolute Gasteiger partial charge is 0.264 e. The number of carbonyl (C=O) groups excluding carboxylic acids is 2. The molecule has 2 amide bonds. The van der Waals surface area contributed by atoms with E-state index in [-0.39, 0.29) is 28.2 Å². The summed E-state index contributed by atoms with van der Waals surface area (Å²) in [5.74, 6) is -2.35. The summed E-state index contributed by atoms with van der Waals surface area (Å²) in [4.78, 5) is 27.9. The third-order valence-corrected chi connectivity index (χ3v) is 8.31. The highest BCUT2D eigenvalue weighted by atomic mass is 35.5. The van der Waals surface area contributed by atoms with Crippen molar-refractivity contribution in [2.75, 3.05) is 10.8 Å². The minimum absolute atomic E-state index is 0.0305. The number of nitrogens with zero attached hydrogens (tertiary/aromatic N) is 2. The van der Waals surface area contributed by atoms with E-state index in [0.29, 0.717) is 12.0 Å². The van der Waals surface area contributed by atoms with Gasteiger partial charge < -0.3 is 10.2 Å². The zero-order chi connectivity index (χ0) is 28.7. The molecular weight excluding hydrogens is 548 g/mol. The van der Waals surface area contributed by atoms with Crippen molar-refractivity contribution in [2.24, 2.45) is 0 Å². The molecule has 11 heteroatoms. The fourth-order valence-corrected chi connectivity index (χ4v) is 5.33. The second-order valence-electron chi connectivity index (χ2n) is 9.07. The van der Waals surface area contributed by atoms with Gasteiger partial charge in [0.05, 0.1) is 15.6 Å². The van der Waals surface area contributed by atoms with Gasteiger partial charge in [0.25, 0.3) is 10.0 Å². The molecule has 0 unspecified atom stereocenters. The van der Waals surface area contributed by atoms with Gasteiger partial charge in [0.15, 0.2) is 0 Å². The summed E-state index contributed by atoms with van der Waals surface area (Å²) >= 11 is 5.95. The Balaban J connectivity index is 2.03. The number of rotatable bonds is 11. The van der Waals surface area contributed by atoms with Crippen molar-refractivity contribution in [3.05, 3.63) is 95.0 Å². The lowest BCUT2D eigenvalue weighted by Crippen LogP contribution is -2.52. The summed E-state index contributed by atoms with van der Waals surface area (Å²) in [6, 6.07) is 15.1. The van der Waals surface area contributed by atoms with Crippen molar-refractivity contribution < 1.29 is 26.8 Å². The van der Waals surface area contributed by atoms with Gasteiger partial charge in [0.2, 0.25) is 11.8 Å². The zero-order valence-corrected chi connectivity index (χ0v) is 23.3. The molecule has 1 N–H and O–H groups in total. The normalized spacial score (nSPS) is 12.9. The molecule has 2 atom stereocenters. The molecule has 0 bridgehead atoms. The zero-order valence-electron chi connectivity index (χ0n) is 21.8. The molecule has 0 radical (unpaired) electrons. The molecule has 0 aliphatic carbocycles. The SMILES string of the molecule is CC[C@H](C)NC(=O)[C@@H](C)N(Cc1ccc(F)cc1)C(=O)CN(c1ccc(F)c(Cl)c1)S(=O)(=O)c1ccccc1. The third kappa shape index (κ3) is 7.54. The van der Waals surface area contributed by atoms with Gasteiger partial charge in [-0.3, -0.25) is 13.9 Å². The Morgan fingerprint density at radius 2 is 1.62 bits per heavy atom. The average Bonchev–Trinajstić information content (AvgIpc) is 2.92. The molecule has 0 heterocycles. The quantitative estimate of drug-likeness (QED) is 0.342. The van der Waals surface area contributed by atoms with Crippen molar-refractivity contribution in [3.63, 3.8) is 0 Å². The molecule has 0 fully saturated rings. The first-order valence-electron chi connectivity index (χ1n) is 12.3. The van der Waals surface area contributed by atoms with Crippen LogP contribution in [0, 0.1) is 11.6 Å². The second-order valence-corrected chi connectivity index (χ2v) is 11.3. The molecule has 0 aliphatic rings. The fourth-order valence-electron chi connectivity index (χ4n) is 3.72. The van der Waals surface area contributed by atoms with Crippen LogP contribution in [-0.2, 0) is 26.2 Å². The summed E-state index contributed by atoms with van der Waals surface area (Å²) in [7, 11) is -4.31. The minimum Gasteiger partial charge on any atom is -0.352 e. The van der Waals surface area contributed by atoms with Crippen LogP contribution in [0.1, 0.15) is 32.8 Å². The minimum atomic E-state index is -4.31. The largest absolute Gasteiger partial charge is 0.352 e. The number of sulfonamides is 1. The standard InChI is InChI=1S/C28H30ClF2N3O4S/c1-4-19(2)32-28(36)20(3)33(17-21-10-12-22(30)13-11-21)27(35)18-34(23-14-15-26(31)25(29)16-23)39(37,38)24-8-6-5-7-9-24/h5-16,19-20H,4,17-18H2,1-3H3,(H,32,36)/t19-,20+/m0/s1. The van der Waals surface area contributed by atoms with Crippen LogP contribution in [0.3, 0.4) is 0 Å². The van der Waals surface area contributed by atoms with Crippen molar-refractivity contribution in [2.45, 2.75) is 50.7 Å².